The van der Waals surface area contributed by atoms with Gasteiger partial charge in [0.25, 0.3) is 0 Å². The molecule has 1 aromatic carbocycles. The molecule has 26 heavy (non-hydrogen) atoms. The van der Waals surface area contributed by atoms with Gasteiger partial charge in [-0.05, 0) is 35.9 Å². The maximum atomic E-state index is 6.19. The number of rotatable bonds is 4. The molecule has 3 heterocycles. The maximum absolute atomic E-state index is 6.19. The minimum atomic E-state index is 0.127. The molecule has 1 fully saturated rings. The van der Waals surface area contributed by atoms with Gasteiger partial charge in [-0.1, -0.05) is 11.6 Å². The molecule has 4 rings (SSSR count). The molecule has 1 N–H and O–H groups in total. The lowest BCUT2D eigenvalue weighted by Gasteiger charge is -2.29. The van der Waals surface area contributed by atoms with Gasteiger partial charge in [0.05, 0.1) is 30.8 Å². The number of morpholine rings is 1. The molecule has 7 nitrogen and oxygen atoms in total. The Hall–Kier alpha value is -2.35. The van der Waals surface area contributed by atoms with E-state index in [1.54, 1.807) is 10.9 Å². The van der Waals surface area contributed by atoms with Crippen LogP contribution in [0, 0.1) is 0 Å². The zero-order valence-electron chi connectivity index (χ0n) is 13.8. The van der Waals surface area contributed by atoms with Crippen molar-refractivity contribution in [3.63, 3.8) is 0 Å². The molecule has 1 aliphatic rings. The van der Waals surface area contributed by atoms with Crippen molar-refractivity contribution < 1.29 is 4.74 Å². The van der Waals surface area contributed by atoms with E-state index >= 15 is 0 Å². The zero-order valence-corrected chi connectivity index (χ0v) is 15.3. The number of aromatic nitrogens is 4. The standard InChI is InChI=1S/C17H16Cl2N6O/c18-13-11-20-17(19)23-16(13)22-14-3-2-12(24-6-8-26-9-7-24)10-15(14)25-5-1-4-21-25/h1-5,10-11H,6-9H2,(H,20,22,23). The number of nitrogens with zero attached hydrogens (tertiary/aromatic N) is 5. The van der Waals surface area contributed by atoms with Crippen LogP contribution in [0.3, 0.4) is 0 Å². The van der Waals surface area contributed by atoms with Crippen LogP contribution in [0.15, 0.2) is 42.9 Å². The number of nitrogens with one attached hydrogen (secondary N) is 1. The van der Waals surface area contributed by atoms with E-state index in [4.69, 9.17) is 27.9 Å². The first-order valence-corrected chi connectivity index (χ1v) is 8.88. The maximum Gasteiger partial charge on any atom is 0.224 e. The predicted octanol–water partition coefficient (Wildman–Crippen LogP) is 3.55. The van der Waals surface area contributed by atoms with E-state index in [2.05, 4.69) is 37.4 Å². The third-order valence-corrected chi connectivity index (χ3v) is 4.54. The van der Waals surface area contributed by atoms with Crippen molar-refractivity contribution in [2.24, 2.45) is 0 Å². The number of halogens is 2. The number of anilines is 3. The van der Waals surface area contributed by atoms with Gasteiger partial charge in [-0.2, -0.15) is 10.1 Å². The third-order valence-electron chi connectivity index (χ3n) is 4.08. The average Bonchev–Trinajstić information content (AvgIpc) is 3.20. The van der Waals surface area contributed by atoms with Gasteiger partial charge in [-0.25, -0.2) is 9.67 Å². The minimum absolute atomic E-state index is 0.127. The van der Waals surface area contributed by atoms with Gasteiger partial charge in [0, 0.05) is 31.2 Å². The molecule has 0 aliphatic carbocycles. The van der Waals surface area contributed by atoms with Crippen molar-refractivity contribution in [1.82, 2.24) is 19.7 Å². The number of benzene rings is 1. The Balaban J connectivity index is 1.72. The Labute approximate surface area is 160 Å². The average molecular weight is 391 g/mol. The number of hydrogen-bond acceptors (Lipinski definition) is 6. The normalized spacial score (nSPS) is 14.5. The Kier molecular flexibility index (Phi) is 4.92. The van der Waals surface area contributed by atoms with Gasteiger partial charge in [0.2, 0.25) is 5.28 Å². The topological polar surface area (TPSA) is 68.1 Å². The van der Waals surface area contributed by atoms with Crippen molar-refractivity contribution in [1.29, 1.82) is 0 Å². The molecule has 0 spiro atoms. The van der Waals surface area contributed by atoms with Crippen LogP contribution in [0.2, 0.25) is 10.3 Å². The van der Waals surface area contributed by atoms with E-state index in [0.717, 1.165) is 43.4 Å². The summed E-state index contributed by atoms with van der Waals surface area (Å²) in [6.07, 6.45) is 5.09. The largest absolute Gasteiger partial charge is 0.378 e. The molecule has 0 atom stereocenters. The molecule has 3 aromatic rings. The van der Waals surface area contributed by atoms with Crippen LogP contribution in [0.4, 0.5) is 17.2 Å². The van der Waals surface area contributed by atoms with Crippen LogP contribution in [0.25, 0.3) is 5.69 Å². The lowest BCUT2D eigenvalue weighted by atomic mass is 10.2. The van der Waals surface area contributed by atoms with Crippen LogP contribution in [0.1, 0.15) is 0 Å². The molecule has 0 amide bonds. The summed E-state index contributed by atoms with van der Waals surface area (Å²) in [6, 6.07) is 7.99. The fraction of sp³-hybridized carbons (Fsp3) is 0.235. The highest BCUT2D eigenvalue weighted by molar-refractivity contribution is 6.33. The van der Waals surface area contributed by atoms with Crippen molar-refractivity contribution in [2.45, 2.75) is 0 Å². The highest BCUT2D eigenvalue weighted by atomic mass is 35.5. The van der Waals surface area contributed by atoms with Crippen LogP contribution in [-0.2, 0) is 4.74 Å². The van der Waals surface area contributed by atoms with Crippen LogP contribution < -0.4 is 10.2 Å². The molecular weight excluding hydrogens is 375 g/mol. The van der Waals surface area contributed by atoms with Crippen molar-refractivity contribution >= 4 is 40.4 Å². The summed E-state index contributed by atoms with van der Waals surface area (Å²) < 4.78 is 7.23. The molecule has 1 aliphatic heterocycles. The molecule has 9 heteroatoms. The molecule has 1 saturated heterocycles. The quantitative estimate of drug-likeness (QED) is 0.687. The van der Waals surface area contributed by atoms with E-state index in [1.165, 1.54) is 6.20 Å². The van der Waals surface area contributed by atoms with E-state index in [1.807, 2.05) is 18.3 Å². The van der Waals surface area contributed by atoms with Gasteiger partial charge < -0.3 is 15.0 Å². The minimum Gasteiger partial charge on any atom is -0.378 e. The van der Waals surface area contributed by atoms with Gasteiger partial charge in [-0.15, -0.1) is 0 Å². The van der Waals surface area contributed by atoms with Gasteiger partial charge in [-0.3, -0.25) is 0 Å². The van der Waals surface area contributed by atoms with Gasteiger partial charge in [0.15, 0.2) is 5.82 Å². The van der Waals surface area contributed by atoms with Crippen molar-refractivity contribution in [3.8, 4) is 5.69 Å². The monoisotopic (exact) mass is 390 g/mol. The Morgan fingerprint density at radius 1 is 1.15 bits per heavy atom. The Morgan fingerprint density at radius 2 is 2.00 bits per heavy atom. The lowest BCUT2D eigenvalue weighted by Crippen LogP contribution is -2.36. The highest BCUT2D eigenvalue weighted by Gasteiger charge is 2.15. The van der Waals surface area contributed by atoms with E-state index in [-0.39, 0.29) is 5.28 Å². The Bertz CT molecular complexity index is 896. The molecule has 0 saturated carbocycles. The fourth-order valence-corrected chi connectivity index (χ4v) is 3.08. The summed E-state index contributed by atoms with van der Waals surface area (Å²) in [5, 5.41) is 8.10. The van der Waals surface area contributed by atoms with Gasteiger partial charge in [0.1, 0.15) is 5.02 Å². The third kappa shape index (κ3) is 3.60. The summed E-state index contributed by atoms with van der Waals surface area (Å²) in [5.41, 5.74) is 2.79. The smallest absolute Gasteiger partial charge is 0.224 e. The zero-order chi connectivity index (χ0) is 17.9. The summed E-state index contributed by atoms with van der Waals surface area (Å²) >= 11 is 12.1. The van der Waals surface area contributed by atoms with E-state index < -0.39 is 0 Å². The van der Waals surface area contributed by atoms with Crippen molar-refractivity contribution in [3.05, 3.63) is 53.2 Å². The Morgan fingerprint density at radius 3 is 2.77 bits per heavy atom. The molecule has 0 bridgehead atoms. The first-order chi connectivity index (χ1) is 12.7. The summed E-state index contributed by atoms with van der Waals surface area (Å²) in [5.74, 6) is 0.444. The predicted molar refractivity (Wildman–Crippen MR) is 102 cm³/mol. The molecule has 0 unspecified atom stereocenters. The lowest BCUT2D eigenvalue weighted by molar-refractivity contribution is 0.122. The second-order valence-corrected chi connectivity index (χ2v) is 6.46. The van der Waals surface area contributed by atoms with Crippen LogP contribution in [-0.4, -0.2) is 46.1 Å². The van der Waals surface area contributed by atoms with Crippen LogP contribution >= 0.6 is 23.2 Å². The van der Waals surface area contributed by atoms with Gasteiger partial charge >= 0.3 is 0 Å². The first-order valence-electron chi connectivity index (χ1n) is 8.12. The first kappa shape index (κ1) is 17.1. The van der Waals surface area contributed by atoms with Crippen LogP contribution in [0.5, 0.6) is 0 Å². The molecule has 134 valence electrons. The number of ether oxygens (including phenoxy) is 1. The van der Waals surface area contributed by atoms with E-state index in [9.17, 15) is 0 Å². The SMILES string of the molecule is Clc1ncc(Cl)c(Nc2ccc(N3CCOCC3)cc2-n2cccn2)n1. The number of hydrogen-bond donors (Lipinski definition) is 1. The summed E-state index contributed by atoms with van der Waals surface area (Å²) in [7, 11) is 0. The van der Waals surface area contributed by atoms with Crippen molar-refractivity contribution in [2.75, 3.05) is 36.5 Å². The fourth-order valence-electron chi connectivity index (χ4n) is 2.81. The molecule has 0 radical (unpaired) electrons. The second-order valence-electron chi connectivity index (χ2n) is 5.71. The molecular formula is C17H16Cl2N6O. The highest BCUT2D eigenvalue weighted by Crippen LogP contribution is 2.31. The van der Waals surface area contributed by atoms with E-state index in [0.29, 0.717) is 10.8 Å². The molecule has 2 aromatic heterocycles. The second kappa shape index (κ2) is 7.49. The summed E-state index contributed by atoms with van der Waals surface area (Å²) in [4.78, 5) is 10.3. The summed E-state index contributed by atoms with van der Waals surface area (Å²) in [6.45, 7) is 3.18.